The van der Waals surface area contributed by atoms with E-state index in [1.807, 2.05) is 12.1 Å². The van der Waals surface area contributed by atoms with Crippen molar-refractivity contribution in [3.8, 4) is 0 Å². The number of benzene rings is 1. The molecule has 0 bridgehead atoms. The third-order valence-electron chi connectivity index (χ3n) is 3.71. The molecule has 106 valence electrons. The summed E-state index contributed by atoms with van der Waals surface area (Å²) >= 11 is 6.23. The number of nitrogens with zero attached hydrogens (tertiary/aromatic N) is 1. The summed E-state index contributed by atoms with van der Waals surface area (Å²) in [5.74, 6) is 0. The van der Waals surface area contributed by atoms with Crippen LogP contribution < -0.4 is 5.32 Å². The maximum Gasteiger partial charge on any atom is 0.0756 e. The van der Waals surface area contributed by atoms with Crippen LogP contribution in [0.1, 0.15) is 30.2 Å². The van der Waals surface area contributed by atoms with Gasteiger partial charge in [0.05, 0.1) is 30.1 Å². The molecule has 3 nitrogen and oxygen atoms in total. The molecule has 1 aliphatic heterocycles. The molecule has 0 unspecified atom stereocenters. The van der Waals surface area contributed by atoms with Crippen LogP contribution >= 0.6 is 11.6 Å². The number of aryl methyl sites for hydroxylation is 1. The van der Waals surface area contributed by atoms with Gasteiger partial charge < -0.3 is 10.1 Å². The van der Waals surface area contributed by atoms with Gasteiger partial charge in [-0.3, -0.25) is 4.98 Å². The molecular weight excluding hydrogens is 272 g/mol. The summed E-state index contributed by atoms with van der Waals surface area (Å²) in [6.07, 6.45) is 1.97. The van der Waals surface area contributed by atoms with E-state index in [1.54, 1.807) is 0 Å². The molecule has 1 N–H and O–H groups in total. The summed E-state index contributed by atoms with van der Waals surface area (Å²) in [5.41, 5.74) is 5.68. The zero-order valence-corrected chi connectivity index (χ0v) is 12.7. The van der Waals surface area contributed by atoms with Gasteiger partial charge in [-0.05, 0) is 31.0 Å². The van der Waals surface area contributed by atoms with Crippen LogP contribution in [0.3, 0.4) is 0 Å². The van der Waals surface area contributed by atoms with Gasteiger partial charge in [-0.15, -0.1) is 0 Å². The van der Waals surface area contributed by atoms with Gasteiger partial charge in [0.15, 0.2) is 0 Å². The number of halogens is 1. The SMILES string of the molecule is CCCNc1c2c(nc3c(C)cc(Cl)cc13)CCOC2. The topological polar surface area (TPSA) is 34.2 Å². The highest BCUT2D eigenvalue weighted by molar-refractivity contribution is 6.31. The largest absolute Gasteiger partial charge is 0.384 e. The summed E-state index contributed by atoms with van der Waals surface area (Å²) in [4.78, 5) is 4.85. The van der Waals surface area contributed by atoms with Gasteiger partial charge in [0, 0.05) is 28.9 Å². The van der Waals surface area contributed by atoms with Gasteiger partial charge in [0.2, 0.25) is 0 Å². The predicted octanol–water partition coefficient (Wildman–Crippen LogP) is 4.09. The highest BCUT2D eigenvalue weighted by Crippen LogP contribution is 2.34. The van der Waals surface area contributed by atoms with Crippen molar-refractivity contribution in [3.63, 3.8) is 0 Å². The Morgan fingerprint density at radius 3 is 3.05 bits per heavy atom. The first-order valence-corrected chi connectivity index (χ1v) is 7.51. The zero-order chi connectivity index (χ0) is 14.1. The van der Waals surface area contributed by atoms with Crippen molar-refractivity contribution in [1.29, 1.82) is 0 Å². The Hall–Kier alpha value is -1.32. The predicted molar refractivity (Wildman–Crippen MR) is 83.6 cm³/mol. The van der Waals surface area contributed by atoms with Crippen LogP contribution in [-0.4, -0.2) is 18.1 Å². The highest BCUT2D eigenvalue weighted by Gasteiger charge is 2.19. The first-order valence-electron chi connectivity index (χ1n) is 7.14. The van der Waals surface area contributed by atoms with Crippen molar-refractivity contribution in [2.75, 3.05) is 18.5 Å². The van der Waals surface area contributed by atoms with E-state index in [9.17, 15) is 0 Å². The van der Waals surface area contributed by atoms with Crippen LogP contribution in [0.5, 0.6) is 0 Å². The second-order valence-corrected chi connectivity index (χ2v) is 5.70. The Balaban J connectivity index is 2.27. The van der Waals surface area contributed by atoms with Gasteiger partial charge in [-0.2, -0.15) is 0 Å². The van der Waals surface area contributed by atoms with E-state index in [0.717, 1.165) is 58.9 Å². The first-order chi connectivity index (χ1) is 9.70. The van der Waals surface area contributed by atoms with E-state index in [4.69, 9.17) is 21.3 Å². The van der Waals surface area contributed by atoms with Crippen LogP contribution in [0.15, 0.2) is 12.1 Å². The van der Waals surface area contributed by atoms with Crippen molar-refractivity contribution in [2.24, 2.45) is 0 Å². The smallest absolute Gasteiger partial charge is 0.0756 e. The lowest BCUT2D eigenvalue weighted by molar-refractivity contribution is 0.110. The maximum absolute atomic E-state index is 6.23. The summed E-state index contributed by atoms with van der Waals surface area (Å²) in [6, 6.07) is 3.98. The molecule has 1 aromatic heterocycles. The zero-order valence-electron chi connectivity index (χ0n) is 11.9. The molecule has 0 atom stereocenters. The summed E-state index contributed by atoms with van der Waals surface area (Å²) < 4.78 is 5.61. The molecular formula is C16H19ClN2O. The third kappa shape index (κ3) is 2.36. The monoisotopic (exact) mass is 290 g/mol. The van der Waals surface area contributed by atoms with Gasteiger partial charge in [0.25, 0.3) is 0 Å². The summed E-state index contributed by atoms with van der Waals surface area (Å²) in [5, 5.41) is 5.40. The van der Waals surface area contributed by atoms with Crippen molar-refractivity contribution < 1.29 is 4.74 Å². The molecule has 0 spiro atoms. The Morgan fingerprint density at radius 1 is 1.40 bits per heavy atom. The fraction of sp³-hybridized carbons (Fsp3) is 0.438. The Morgan fingerprint density at radius 2 is 2.25 bits per heavy atom. The number of anilines is 1. The standard InChI is InChI=1S/C16H19ClN2O/c1-3-5-18-16-12-8-11(17)7-10(2)15(12)19-14-4-6-20-9-13(14)16/h7-8H,3-6,9H2,1-2H3,(H,18,19). The van der Waals surface area contributed by atoms with E-state index in [2.05, 4.69) is 19.2 Å². The van der Waals surface area contributed by atoms with Crippen molar-refractivity contribution in [2.45, 2.75) is 33.3 Å². The quantitative estimate of drug-likeness (QED) is 0.924. The normalized spacial score (nSPS) is 14.3. The van der Waals surface area contributed by atoms with Crippen molar-refractivity contribution in [1.82, 2.24) is 4.98 Å². The number of nitrogens with one attached hydrogen (secondary N) is 1. The van der Waals surface area contributed by atoms with Crippen LogP contribution in [0, 0.1) is 6.92 Å². The molecule has 0 saturated carbocycles. The molecule has 2 aromatic rings. The summed E-state index contributed by atoms with van der Waals surface area (Å²) in [6.45, 7) is 6.56. The highest BCUT2D eigenvalue weighted by atomic mass is 35.5. The van der Waals surface area contributed by atoms with Crippen molar-refractivity contribution >= 4 is 28.2 Å². The second kappa shape index (κ2) is 5.58. The number of aromatic nitrogens is 1. The van der Waals surface area contributed by atoms with Gasteiger partial charge in [0.1, 0.15) is 0 Å². The number of pyridine rings is 1. The molecule has 3 rings (SSSR count). The average molecular weight is 291 g/mol. The molecule has 1 aliphatic rings. The number of hydrogen-bond acceptors (Lipinski definition) is 3. The first kappa shape index (κ1) is 13.7. The molecule has 0 amide bonds. The summed E-state index contributed by atoms with van der Waals surface area (Å²) in [7, 11) is 0. The average Bonchev–Trinajstić information content (AvgIpc) is 2.44. The van der Waals surface area contributed by atoms with E-state index in [0.29, 0.717) is 6.61 Å². The minimum absolute atomic E-state index is 0.635. The van der Waals surface area contributed by atoms with Crippen LogP contribution in [0.4, 0.5) is 5.69 Å². The van der Waals surface area contributed by atoms with Crippen molar-refractivity contribution in [3.05, 3.63) is 34.0 Å². The van der Waals surface area contributed by atoms with E-state index >= 15 is 0 Å². The fourth-order valence-corrected chi connectivity index (χ4v) is 3.01. The third-order valence-corrected chi connectivity index (χ3v) is 3.93. The maximum atomic E-state index is 6.23. The number of fused-ring (bicyclic) bond motifs is 2. The van der Waals surface area contributed by atoms with Gasteiger partial charge >= 0.3 is 0 Å². The van der Waals surface area contributed by atoms with E-state index < -0.39 is 0 Å². The lowest BCUT2D eigenvalue weighted by Crippen LogP contribution is -2.16. The minimum Gasteiger partial charge on any atom is -0.384 e. The van der Waals surface area contributed by atoms with E-state index in [-0.39, 0.29) is 0 Å². The van der Waals surface area contributed by atoms with Crippen LogP contribution in [0.2, 0.25) is 5.02 Å². The molecule has 0 radical (unpaired) electrons. The second-order valence-electron chi connectivity index (χ2n) is 5.26. The lowest BCUT2D eigenvalue weighted by Gasteiger charge is -2.22. The molecule has 0 saturated heterocycles. The molecule has 0 fully saturated rings. The number of rotatable bonds is 3. The molecule has 2 heterocycles. The molecule has 1 aromatic carbocycles. The van der Waals surface area contributed by atoms with Crippen LogP contribution in [-0.2, 0) is 17.8 Å². The van der Waals surface area contributed by atoms with Gasteiger partial charge in [-0.1, -0.05) is 18.5 Å². The number of hydrogen-bond donors (Lipinski definition) is 1. The molecule has 0 aliphatic carbocycles. The van der Waals surface area contributed by atoms with E-state index in [1.165, 1.54) is 5.56 Å². The Labute approximate surface area is 124 Å². The van der Waals surface area contributed by atoms with Crippen LogP contribution in [0.25, 0.3) is 10.9 Å². The number of ether oxygens (including phenoxy) is 1. The van der Waals surface area contributed by atoms with Gasteiger partial charge in [-0.25, -0.2) is 0 Å². The Bertz CT molecular complexity index is 655. The fourth-order valence-electron chi connectivity index (χ4n) is 2.74. The molecule has 20 heavy (non-hydrogen) atoms. The minimum atomic E-state index is 0.635. The molecule has 4 heteroatoms. The lowest BCUT2D eigenvalue weighted by atomic mass is 10.0. The Kier molecular flexibility index (Phi) is 3.81.